The summed E-state index contributed by atoms with van der Waals surface area (Å²) in [6, 6.07) is 6.95. The maximum Gasteiger partial charge on any atom is 0.321 e. The number of nitrogens with one attached hydrogen (secondary N) is 1. The molecule has 7 heteroatoms. The van der Waals surface area contributed by atoms with Crippen molar-refractivity contribution in [1.29, 1.82) is 0 Å². The molecule has 1 aromatic heterocycles. The highest BCUT2D eigenvalue weighted by molar-refractivity contribution is 6.33. The van der Waals surface area contributed by atoms with Gasteiger partial charge < -0.3 is 19.9 Å². The van der Waals surface area contributed by atoms with Crippen molar-refractivity contribution in [3.05, 3.63) is 47.5 Å². The number of halogens is 1. The molecule has 24 heavy (non-hydrogen) atoms. The topological polar surface area (TPSA) is 70.4 Å². The number of piperidine rings is 1. The Labute approximate surface area is 146 Å². The molecular weight excluding hydrogens is 328 g/mol. The molecule has 2 aromatic rings. The van der Waals surface area contributed by atoms with Crippen LogP contribution in [0.3, 0.4) is 0 Å². The van der Waals surface area contributed by atoms with Crippen LogP contribution in [0.25, 0.3) is 0 Å². The third-order valence-corrected chi connectivity index (χ3v) is 4.76. The minimum absolute atomic E-state index is 0.0307. The van der Waals surface area contributed by atoms with Crippen molar-refractivity contribution in [2.75, 3.05) is 18.4 Å². The molecule has 0 radical (unpaired) electrons. The number of anilines is 1. The lowest BCUT2D eigenvalue weighted by Gasteiger charge is -2.34. The Kier molecular flexibility index (Phi) is 5.06. The largest absolute Gasteiger partial charge is 0.385 e. The van der Waals surface area contributed by atoms with Crippen molar-refractivity contribution in [3.8, 4) is 0 Å². The van der Waals surface area contributed by atoms with Gasteiger partial charge in [-0.15, -0.1) is 0 Å². The van der Waals surface area contributed by atoms with E-state index >= 15 is 0 Å². The molecule has 2 N–H and O–H groups in total. The highest BCUT2D eigenvalue weighted by atomic mass is 35.5. The van der Waals surface area contributed by atoms with Gasteiger partial charge in [0.15, 0.2) is 0 Å². The van der Waals surface area contributed by atoms with E-state index in [1.165, 1.54) is 0 Å². The normalized spacial score (nSPS) is 19.1. The smallest absolute Gasteiger partial charge is 0.321 e. The van der Waals surface area contributed by atoms with E-state index in [0.717, 1.165) is 12.8 Å². The molecule has 0 spiro atoms. The molecule has 0 saturated carbocycles. The summed E-state index contributed by atoms with van der Waals surface area (Å²) < 4.78 is 1.81. The Hall–Kier alpha value is -2.05. The molecule has 1 saturated heterocycles. The molecule has 2 amide bonds. The molecule has 2 atom stereocenters. The number of rotatable bonds is 3. The quantitative estimate of drug-likeness (QED) is 0.895. The number of aryl methyl sites for hydroxylation is 1. The lowest BCUT2D eigenvalue weighted by atomic mass is 9.92. The van der Waals surface area contributed by atoms with Crippen LogP contribution in [0.15, 0.2) is 36.7 Å². The Morgan fingerprint density at radius 2 is 2.25 bits per heavy atom. The highest BCUT2D eigenvalue weighted by Gasteiger charge is 2.31. The minimum atomic E-state index is -0.680. The van der Waals surface area contributed by atoms with Gasteiger partial charge in [0, 0.05) is 38.4 Å². The highest BCUT2D eigenvalue weighted by Crippen LogP contribution is 2.29. The second-order valence-corrected chi connectivity index (χ2v) is 6.51. The van der Waals surface area contributed by atoms with Gasteiger partial charge in [-0.25, -0.2) is 9.78 Å². The first-order chi connectivity index (χ1) is 11.6. The number of likely N-dealkylation sites (tertiary alicyclic amines) is 1. The van der Waals surface area contributed by atoms with Crippen molar-refractivity contribution in [2.24, 2.45) is 13.0 Å². The molecule has 2 heterocycles. The molecule has 128 valence electrons. The molecule has 0 aliphatic carbocycles. The van der Waals surface area contributed by atoms with Crippen LogP contribution >= 0.6 is 11.6 Å². The standard InChI is InChI=1S/C17H21ClN4O2/c1-21-10-8-19-16(21)15(23)12-5-4-9-22(11-12)17(24)20-14-7-3-2-6-13(14)18/h2-3,6-8,10,12,15,23H,4-5,9,11H2,1H3,(H,20,24)/t12-,15+/m0/s1. The molecule has 1 aliphatic heterocycles. The summed E-state index contributed by atoms with van der Waals surface area (Å²) in [5.74, 6) is 0.602. The Bertz CT molecular complexity index is 718. The van der Waals surface area contributed by atoms with Gasteiger partial charge in [-0.3, -0.25) is 0 Å². The van der Waals surface area contributed by atoms with Gasteiger partial charge in [-0.05, 0) is 25.0 Å². The summed E-state index contributed by atoms with van der Waals surface area (Å²) in [7, 11) is 1.86. The Balaban J connectivity index is 1.66. The average Bonchev–Trinajstić information content (AvgIpc) is 3.02. The van der Waals surface area contributed by atoms with Crippen molar-refractivity contribution in [3.63, 3.8) is 0 Å². The summed E-state index contributed by atoms with van der Waals surface area (Å²) in [4.78, 5) is 18.4. The molecule has 3 rings (SSSR count). The van der Waals surface area contributed by atoms with Crippen LogP contribution < -0.4 is 5.32 Å². The maximum absolute atomic E-state index is 12.5. The van der Waals surface area contributed by atoms with Crippen molar-refractivity contribution in [2.45, 2.75) is 18.9 Å². The van der Waals surface area contributed by atoms with Gasteiger partial charge >= 0.3 is 6.03 Å². The molecule has 0 bridgehead atoms. The van der Waals surface area contributed by atoms with Gasteiger partial charge in [0.25, 0.3) is 0 Å². The van der Waals surface area contributed by atoms with Gasteiger partial charge in [0.2, 0.25) is 0 Å². The number of imidazole rings is 1. The van der Waals surface area contributed by atoms with Crippen molar-refractivity contribution >= 4 is 23.3 Å². The number of aliphatic hydroxyl groups is 1. The lowest BCUT2D eigenvalue weighted by Crippen LogP contribution is -2.44. The van der Waals surface area contributed by atoms with Crippen molar-refractivity contribution in [1.82, 2.24) is 14.5 Å². The second kappa shape index (κ2) is 7.23. The number of carbonyl (C=O) groups excluding carboxylic acids is 1. The zero-order valence-corrected chi connectivity index (χ0v) is 14.3. The van der Waals surface area contributed by atoms with Gasteiger partial charge in [0.05, 0.1) is 10.7 Å². The molecule has 1 aliphatic rings. The number of hydrogen-bond donors (Lipinski definition) is 2. The fourth-order valence-corrected chi connectivity index (χ4v) is 3.26. The fraction of sp³-hybridized carbons (Fsp3) is 0.412. The van der Waals surface area contributed by atoms with Gasteiger partial charge in [-0.2, -0.15) is 0 Å². The van der Waals surface area contributed by atoms with Gasteiger partial charge in [0.1, 0.15) is 11.9 Å². The number of nitrogens with zero attached hydrogens (tertiary/aromatic N) is 3. The van der Waals surface area contributed by atoms with Crippen LogP contribution in [0, 0.1) is 5.92 Å². The second-order valence-electron chi connectivity index (χ2n) is 6.10. The van der Waals surface area contributed by atoms with E-state index in [-0.39, 0.29) is 11.9 Å². The summed E-state index contributed by atoms with van der Waals surface area (Å²) in [5.41, 5.74) is 0.593. The van der Waals surface area contributed by atoms with Gasteiger partial charge in [-0.1, -0.05) is 23.7 Å². The average molecular weight is 349 g/mol. The summed E-state index contributed by atoms with van der Waals surface area (Å²) in [6.07, 6.45) is 4.51. The number of benzene rings is 1. The molecule has 1 fully saturated rings. The fourth-order valence-electron chi connectivity index (χ4n) is 3.08. The zero-order valence-electron chi connectivity index (χ0n) is 13.5. The van der Waals surface area contributed by atoms with E-state index in [1.54, 1.807) is 23.2 Å². The first kappa shape index (κ1) is 16.8. The summed E-state index contributed by atoms with van der Waals surface area (Å²) in [6.45, 7) is 1.16. The van der Waals surface area contributed by atoms with E-state index in [2.05, 4.69) is 10.3 Å². The van der Waals surface area contributed by atoms with Crippen LogP contribution in [-0.4, -0.2) is 38.7 Å². The molecule has 1 aromatic carbocycles. The molecule has 6 nitrogen and oxygen atoms in total. The Morgan fingerprint density at radius 1 is 1.46 bits per heavy atom. The number of aromatic nitrogens is 2. The number of urea groups is 1. The third-order valence-electron chi connectivity index (χ3n) is 4.43. The maximum atomic E-state index is 12.5. The van der Waals surface area contributed by atoms with E-state index < -0.39 is 6.10 Å². The Morgan fingerprint density at radius 3 is 2.96 bits per heavy atom. The van der Waals surface area contributed by atoms with E-state index in [1.807, 2.05) is 29.9 Å². The molecule has 0 unspecified atom stereocenters. The van der Waals surface area contributed by atoms with E-state index in [4.69, 9.17) is 11.6 Å². The van der Waals surface area contributed by atoms with E-state index in [9.17, 15) is 9.90 Å². The SMILES string of the molecule is Cn1ccnc1[C@H](O)[C@H]1CCCN(C(=O)Nc2ccccc2Cl)C1. The van der Waals surface area contributed by atoms with Crippen LogP contribution in [0.5, 0.6) is 0 Å². The first-order valence-electron chi connectivity index (χ1n) is 8.02. The van der Waals surface area contributed by atoms with Crippen LogP contribution in [0.1, 0.15) is 24.8 Å². The number of aliphatic hydroxyl groups excluding tert-OH is 1. The monoisotopic (exact) mass is 348 g/mol. The lowest BCUT2D eigenvalue weighted by molar-refractivity contribution is 0.0552. The predicted octanol–water partition coefficient (Wildman–Crippen LogP) is 3.05. The van der Waals surface area contributed by atoms with Crippen LogP contribution in [0.4, 0.5) is 10.5 Å². The minimum Gasteiger partial charge on any atom is -0.385 e. The first-order valence-corrected chi connectivity index (χ1v) is 8.40. The summed E-state index contributed by atoms with van der Waals surface area (Å²) >= 11 is 6.09. The van der Waals surface area contributed by atoms with Crippen molar-refractivity contribution < 1.29 is 9.90 Å². The molecular formula is C17H21ClN4O2. The zero-order chi connectivity index (χ0) is 17.1. The number of amides is 2. The number of para-hydroxylation sites is 1. The summed E-state index contributed by atoms with van der Waals surface area (Å²) in [5, 5.41) is 13.9. The predicted molar refractivity (Wildman–Crippen MR) is 92.9 cm³/mol. The van der Waals surface area contributed by atoms with E-state index in [0.29, 0.717) is 29.6 Å². The van der Waals surface area contributed by atoms with Crippen LogP contribution in [-0.2, 0) is 7.05 Å². The number of hydrogen-bond acceptors (Lipinski definition) is 3. The third kappa shape index (κ3) is 3.55. The van der Waals surface area contributed by atoms with Crippen LogP contribution in [0.2, 0.25) is 5.02 Å². The number of carbonyl (C=O) groups is 1.